The first-order chi connectivity index (χ1) is 16.1. The summed E-state index contributed by atoms with van der Waals surface area (Å²) in [5.41, 5.74) is 1.70. The molecule has 0 spiro atoms. The highest BCUT2D eigenvalue weighted by atomic mass is 16.5. The first-order valence-corrected chi connectivity index (χ1v) is 10.5. The van der Waals surface area contributed by atoms with Crippen molar-refractivity contribution in [2.45, 2.75) is 6.10 Å². The van der Waals surface area contributed by atoms with Gasteiger partial charge in [0.2, 0.25) is 0 Å². The fourth-order valence-electron chi connectivity index (χ4n) is 3.20. The third kappa shape index (κ3) is 5.58. The maximum absolute atomic E-state index is 13.1. The number of hydrogen-bond donors (Lipinski definition) is 1. The first-order valence-electron chi connectivity index (χ1n) is 10.5. The number of rotatable bonds is 10. The normalized spacial score (nSPS) is 11.6. The maximum Gasteiger partial charge on any atom is 0.199 e. The number of nitrogens with zero attached hydrogens (tertiary/aromatic N) is 2. The summed E-state index contributed by atoms with van der Waals surface area (Å²) in [5, 5.41) is 14.6. The number of carbonyl (C=O) groups is 1. The number of aliphatic hydroxyl groups excluding tert-OH is 1. The van der Waals surface area contributed by atoms with Crippen LogP contribution in [0.2, 0.25) is 0 Å². The zero-order valence-corrected chi connectivity index (χ0v) is 18.1. The second kappa shape index (κ2) is 10.5. The minimum Gasteiger partial charge on any atom is -0.497 e. The van der Waals surface area contributed by atoms with Gasteiger partial charge >= 0.3 is 0 Å². The topological polar surface area (TPSA) is 82.8 Å². The van der Waals surface area contributed by atoms with Crippen molar-refractivity contribution in [2.24, 2.45) is 0 Å². The van der Waals surface area contributed by atoms with Crippen molar-refractivity contribution in [3.8, 4) is 22.9 Å². The number of aromatic nitrogens is 2. The zero-order chi connectivity index (χ0) is 23.0. The van der Waals surface area contributed by atoms with E-state index in [0.29, 0.717) is 22.6 Å². The Morgan fingerprint density at radius 2 is 1.58 bits per heavy atom. The number of carbonyl (C=O) groups excluding carboxylic acids is 1. The van der Waals surface area contributed by atoms with E-state index in [1.807, 2.05) is 30.3 Å². The molecular formula is C26H24N2O5. The fourth-order valence-corrected chi connectivity index (χ4v) is 3.20. The van der Waals surface area contributed by atoms with E-state index in [9.17, 15) is 9.90 Å². The van der Waals surface area contributed by atoms with Crippen molar-refractivity contribution in [3.05, 3.63) is 102 Å². The van der Waals surface area contributed by atoms with Crippen LogP contribution in [0.15, 0.2) is 91.3 Å². The Morgan fingerprint density at radius 3 is 2.33 bits per heavy atom. The van der Waals surface area contributed by atoms with Crippen LogP contribution in [0, 0.1) is 0 Å². The standard InChI is InChI=1S/C26H24N2O5/c1-31-22-11-13-23(14-12-22)32-17-21(29)18-33-25-10-6-5-9-24(25)26(30)19-15-27-28(16-19)20-7-3-2-4-8-20/h2-16,21,29H,17-18H2,1H3/t21-/m0/s1. The van der Waals surface area contributed by atoms with E-state index in [1.54, 1.807) is 66.5 Å². The van der Waals surface area contributed by atoms with E-state index < -0.39 is 6.10 Å². The third-order valence-electron chi connectivity index (χ3n) is 4.93. The van der Waals surface area contributed by atoms with Gasteiger partial charge in [0.25, 0.3) is 0 Å². The van der Waals surface area contributed by atoms with Crippen molar-refractivity contribution < 1.29 is 24.1 Å². The van der Waals surface area contributed by atoms with E-state index in [0.717, 1.165) is 11.4 Å². The van der Waals surface area contributed by atoms with E-state index in [1.165, 1.54) is 6.20 Å². The molecule has 0 unspecified atom stereocenters. The molecule has 1 atom stereocenters. The molecule has 168 valence electrons. The van der Waals surface area contributed by atoms with Crippen molar-refractivity contribution in [1.82, 2.24) is 9.78 Å². The number of aliphatic hydroxyl groups is 1. The minimum atomic E-state index is -0.879. The van der Waals surface area contributed by atoms with E-state index in [-0.39, 0.29) is 19.0 Å². The Kier molecular flexibility index (Phi) is 7.02. The molecule has 0 saturated carbocycles. The first kappa shape index (κ1) is 22.1. The summed E-state index contributed by atoms with van der Waals surface area (Å²) in [6.07, 6.45) is 2.34. The lowest BCUT2D eigenvalue weighted by atomic mass is 10.1. The van der Waals surface area contributed by atoms with Gasteiger partial charge in [-0.25, -0.2) is 4.68 Å². The quantitative estimate of drug-likeness (QED) is 0.373. The summed E-state index contributed by atoms with van der Waals surface area (Å²) in [6.45, 7) is 0.0238. The second-order valence-electron chi connectivity index (χ2n) is 7.29. The maximum atomic E-state index is 13.1. The summed E-state index contributed by atoms with van der Waals surface area (Å²) < 4.78 is 18.1. The molecule has 0 amide bonds. The van der Waals surface area contributed by atoms with Gasteiger partial charge in [-0.3, -0.25) is 4.79 Å². The zero-order valence-electron chi connectivity index (χ0n) is 18.1. The summed E-state index contributed by atoms with van der Waals surface area (Å²) in [5.74, 6) is 1.51. The van der Waals surface area contributed by atoms with Crippen LogP contribution >= 0.6 is 0 Å². The van der Waals surface area contributed by atoms with Gasteiger partial charge in [-0.1, -0.05) is 30.3 Å². The number of para-hydroxylation sites is 2. The predicted octanol–water partition coefficient (Wildman–Crippen LogP) is 3.93. The van der Waals surface area contributed by atoms with Crippen LogP contribution in [-0.4, -0.2) is 47.1 Å². The van der Waals surface area contributed by atoms with Gasteiger partial charge in [0.15, 0.2) is 5.78 Å². The molecule has 4 aromatic rings. The van der Waals surface area contributed by atoms with Crippen molar-refractivity contribution in [3.63, 3.8) is 0 Å². The molecule has 1 aromatic heterocycles. The predicted molar refractivity (Wildman–Crippen MR) is 123 cm³/mol. The molecular weight excluding hydrogens is 420 g/mol. The third-order valence-corrected chi connectivity index (χ3v) is 4.93. The van der Waals surface area contributed by atoms with Gasteiger partial charge in [0.1, 0.15) is 36.6 Å². The van der Waals surface area contributed by atoms with Gasteiger partial charge in [-0.2, -0.15) is 5.10 Å². The van der Waals surface area contributed by atoms with Crippen molar-refractivity contribution >= 4 is 5.78 Å². The van der Waals surface area contributed by atoms with Crippen LogP contribution in [-0.2, 0) is 0 Å². The van der Waals surface area contributed by atoms with Crippen molar-refractivity contribution in [2.75, 3.05) is 20.3 Å². The van der Waals surface area contributed by atoms with Gasteiger partial charge in [-0.15, -0.1) is 0 Å². The molecule has 0 aliphatic carbocycles. The average molecular weight is 444 g/mol. The highest BCUT2D eigenvalue weighted by Gasteiger charge is 2.17. The SMILES string of the molecule is COc1ccc(OC[C@H](O)COc2ccccc2C(=O)c2cnn(-c3ccccc3)c2)cc1. The van der Waals surface area contributed by atoms with Gasteiger partial charge < -0.3 is 19.3 Å². The molecule has 1 heterocycles. The molecule has 0 aliphatic rings. The molecule has 3 aromatic carbocycles. The average Bonchev–Trinajstić information content (AvgIpc) is 3.37. The van der Waals surface area contributed by atoms with Crippen LogP contribution in [0.5, 0.6) is 17.2 Å². The molecule has 0 saturated heterocycles. The van der Waals surface area contributed by atoms with E-state index >= 15 is 0 Å². The lowest BCUT2D eigenvalue weighted by Crippen LogP contribution is -2.25. The highest BCUT2D eigenvalue weighted by Crippen LogP contribution is 2.23. The Balaban J connectivity index is 1.38. The Labute approximate surface area is 191 Å². The van der Waals surface area contributed by atoms with Gasteiger partial charge in [-0.05, 0) is 48.5 Å². The summed E-state index contributed by atoms with van der Waals surface area (Å²) in [4.78, 5) is 13.1. The Hall–Kier alpha value is -4.10. The lowest BCUT2D eigenvalue weighted by Gasteiger charge is -2.15. The highest BCUT2D eigenvalue weighted by molar-refractivity contribution is 6.10. The Morgan fingerprint density at radius 1 is 0.909 bits per heavy atom. The van der Waals surface area contributed by atoms with Crippen molar-refractivity contribution in [1.29, 1.82) is 0 Å². The fraction of sp³-hybridized carbons (Fsp3) is 0.154. The molecule has 0 bridgehead atoms. The summed E-state index contributed by atoms with van der Waals surface area (Å²) in [7, 11) is 1.59. The molecule has 33 heavy (non-hydrogen) atoms. The minimum absolute atomic E-state index is 0.0241. The van der Waals surface area contributed by atoms with Crippen LogP contribution in [0.4, 0.5) is 0 Å². The second-order valence-corrected chi connectivity index (χ2v) is 7.29. The molecule has 0 radical (unpaired) electrons. The molecule has 1 N–H and O–H groups in total. The van der Waals surface area contributed by atoms with Crippen LogP contribution < -0.4 is 14.2 Å². The van der Waals surface area contributed by atoms with Gasteiger partial charge in [0, 0.05) is 6.20 Å². The number of methoxy groups -OCH3 is 1. The van der Waals surface area contributed by atoms with Crippen LogP contribution in [0.3, 0.4) is 0 Å². The molecule has 0 aliphatic heterocycles. The number of hydrogen-bond acceptors (Lipinski definition) is 6. The largest absolute Gasteiger partial charge is 0.497 e. The van der Waals surface area contributed by atoms with Crippen LogP contribution in [0.1, 0.15) is 15.9 Å². The molecule has 0 fully saturated rings. The summed E-state index contributed by atoms with van der Waals surface area (Å²) >= 11 is 0. The smallest absolute Gasteiger partial charge is 0.199 e. The monoisotopic (exact) mass is 444 g/mol. The Bertz CT molecular complexity index is 1190. The molecule has 7 heteroatoms. The summed E-state index contributed by atoms with van der Waals surface area (Å²) in [6, 6.07) is 23.6. The lowest BCUT2D eigenvalue weighted by molar-refractivity contribution is 0.0621. The van der Waals surface area contributed by atoms with Crippen LogP contribution in [0.25, 0.3) is 5.69 Å². The van der Waals surface area contributed by atoms with Gasteiger partial charge in [0.05, 0.1) is 30.1 Å². The number of benzene rings is 3. The van der Waals surface area contributed by atoms with E-state index in [4.69, 9.17) is 14.2 Å². The molecule has 7 nitrogen and oxygen atoms in total. The molecule has 4 rings (SSSR count). The number of ketones is 1. The van der Waals surface area contributed by atoms with E-state index in [2.05, 4.69) is 5.10 Å². The number of ether oxygens (including phenoxy) is 3.